The number of nitrogen functional groups attached to an aromatic ring is 1. The van der Waals surface area contributed by atoms with E-state index in [0.717, 1.165) is 38.0 Å². The highest BCUT2D eigenvalue weighted by molar-refractivity contribution is 5.95. The fraction of sp³-hybridized carbons (Fsp3) is 0.360. The Hall–Kier alpha value is -3.52. The minimum absolute atomic E-state index is 0.0606. The first kappa shape index (κ1) is 25.7. The van der Waals surface area contributed by atoms with Crippen molar-refractivity contribution in [2.45, 2.75) is 6.42 Å². The summed E-state index contributed by atoms with van der Waals surface area (Å²) < 4.78 is 15.5. The number of methoxy groups -OCH3 is 3. The Kier molecular flexibility index (Phi) is 9.75. The van der Waals surface area contributed by atoms with E-state index in [0.29, 0.717) is 40.5 Å². The molecule has 0 bridgehead atoms. The first-order valence-electron chi connectivity index (χ1n) is 10.6. The number of carbonyl (C=O) groups excluding carboxylic acids is 2. The maximum Gasteiger partial charge on any atom is 0.254 e. The number of hydrogen-bond donors (Lipinski definition) is 1. The van der Waals surface area contributed by atoms with E-state index in [1.807, 2.05) is 17.0 Å². The zero-order valence-corrected chi connectivity index (χ0v) is 19.8. The Morgan fingerprint density at radius 1 is 1.09 bits per heavy atom. The number of ether oxygens (including phenoxy) is 3. The quantitative estimate of drug-likeness (QED) is 0.521. The minimum Gasteiger partial charge on any atom is -0.493 e. The molecule has 0 aromatic heterocycles. The molecule has 1 heterocycles. The van der Waals surface area contributed by atoms with Gasteiger partial charge in [-0.1, -0.05) is 18.7 Å². The van der Waals surface area contributed by atoms with E-state index in [-0.39, 0.29) is 5.91 Å². The predicted octanol–water partition coefficient (Wildman–Crippen LogP) is 2.85. The fourth-order valence-electron chi connectivity index (χ4n) is 3.41. The molecular weight excluding hydrogens is 422 g/mol. The van der Waals surface area contributed by atoms with Gasteiger partial charge < -0.3 is 29.7 Å². The van der Waals surface area contributed by atoms with Crippen LogP contribution in [0.4, 0.5) is 5.69 Å². The largest absolute Gasteiger partial charge is 0.493 e. The number of hydrogen-bond acceptors (Lipinski definition) is 7. The molecule has 33 heavy (non-hydrogen) atoms. The van der Waals surface area contributed by atoms with Crippen LogP contribution in [0.2, 0.25) is 0 Å². The number of likely N-dealkylation sites (N-methyl/N-ethyl adjacent to an activating group) is 1. The maximum absolute atomic E-state index is 12.3. The van der Waals surface area contributed by atoms with Gasteiger partial charge in [0.2, 0.25) is 5.76 Å². The minimum atomic E-state index is 0.0606. The van der Waals surface area contributed by atoms with E-state index in [1.165, 1.54) is 14.2 Å². The van der Waals surface area contributed by atoms with E-state index >= 15 is 0 Å². The highest BCUT2D eigenvalue weighted by Gasteiger charge is 2.20. The summed E-state index contributed by atoms with van der Waals surface area (Å²) in [6.07, 6.45) is 6.42. The molecule has 0 atom stereocenters. The SMILES string of the molecule is C=Cc1ccc(C(=O)N2CCN(C)CC2)cc1N.COC1=CCC(C=O)=CC(OC)=C1OC. The third-order valence-corrected chi connectivity index (χ3v) is 5.43. The first-order chi connectivity index (χ1) is 15.9. The lowest BCUT2D eigenvalue weighted by atomic mass is 10.1. The van der Waals surface area contributed by atoms with E-state index in [1.54, 1.807) is 31.4 Å². The van der Waals surface area contributed by atoms with Crippen molar-refractivity contribution in [3.05, 3.63) is 70.9 Å². The number of carbonyl (C=O) groups is 2. The smallest absolute Gasteiger partial charge is 0.254 e. The first-order valence-corrected chi connectivity index (χ1v) is 10.6. The van der Waals surface area contributed by atoms with E-state index in [4.69, 9.17) is 19.9 Å². The van der Waals surface area contributed by atoms with Crippen molar-refractivity contribution < 1.29 is 23.8 Å². The van der Waals surface area contributed by atoms with Gasteiger partial charge in [-0.2, -0.15) is 0 Å². The van der Waals surface area contributed by atoms with Crippen LogP contribution in [0.5, 0.6) is 0 Å². The van der Waals surface area contributed by atoms with E-state index in [2.05, 4.69) is 18.5 Å². The zero-order chi connectivity index (χ0) is 24.4. The molecule has 1 saturated heterocycles. The van der Waals surface area contributed by atoms with Gasteiger partial charge in [-0.3, -0.25) is 9.59 Å². The molecule has 1 fully saturated rings. The summed E-state index contributed by atoms with van der Waals surface area (Å²) in [6, 6.07) is 5.39. The fourth-order valence-corrected chi connectivity index (χ4v) is 3.41. The Morgan fingerprint density at radius 2 is 1.79 bits per heavy atom. The Balaban J connectivity index is 0.000000238. The van der Waals surface area contributed by atoms with Crippen LogP contribution >= 0.6 is 0 Å². The summed E-state index contributed by atoms with van der Waals surface area (Å²) >= 11 is 0. The molecule has 1 aliphatic heterocycles. The molecule has 2 aliphatic rings. The third-order valence-electron chi connectivity index (χ3n) is 5.43. The van der Waals surface area contributed by atoms with Gasteiger partial charge in [0.1, 0.15) is 6.29 Å². The molecule has 2 N–H and O–H groups in total. The lowest BCUT2D eigenvalue weighted by Crippen LogP contribution is -2.47. The van der Waals surface area contributed by atoms with Crippen molar-refractivity contribution in [1.82, 2.24) is 9.80 Å². The molecule has 0 saturated carbocycles. The summed E-state index contributed by atoms with van der Waals surface area (Å²) in [6.45, 7) is 7.08. The number of rotatable bonds is 6. The number of nitrogens with two attached hydrogens (primary N) is 1. The second-order valence-electron chi connectivity index (χ2n) is 7.56. The van der Waals surface area contributed by atoms with Gasteiger partial charge in [-0.05, 0) is 48.9 Å². The van der Waals surface area contributed by atoms with Crippen molar-refractivity contribution in [2.24, 2.45) is 0 Å². The van der Waals surface area contributed by atoms with E-state index < -0.39 is 0 Å². The lowest BCUT2D eigenvalue weighted by molar-refractivity contribution is -0.105. The van der Waals surface area contributed by atoms with Gasteiger partial charge in [0.05, 0.1) is 21.3 Å². The normalized spacial score (nSPS) is 16.4. The van der Waals surface area contributed by atoms with Crippen LogP contribution in [0.15, 0.2) is 59.8 Å². The maximum atomic E-state index is 12.3. The number of anilines is 1. The molecule has 1 aliphatic carbocycles. The van der Waals surface area contributed by atoms with Gasteiger partial charge in [0.15, 0.2) is 11.5 Å². The Morgan fingerprint density at radius 3 is 2.30 bits per heavy atom. The lowest BCUT2D eigenvalue weighted by Gasteiger charge is -2.32. The standard InChI is InChI=1S/C14H19N3O.C11H14O4/c1-3-11-4-5-12(10-13(11)15)14(18)17-8-6-16(2)7-9-17;1-13-9-5-4-8(7-12)6-10(14-2)11(9)15-3/h3-5,10H,1,6-9,15H2,2H3;5-7H,4H2,1-3H3. The number of allylic oxidation sites excluding steroid dienone is 3. The van der Waals surface area contributed by atoms with Crippen LogP contribution in [-0.4, -0.2) is 76.5 Å². The monoisotopic (exact) mass is 455 g/mol. The summed E-state index contributed by atoms with van der Waals surface area (Å²) in [7, 11) is 6.66. The van der Waals surface area contributed by atoms with Crippen LogP contribution in [0.3, 0.4) is 0 Å². The van der Waals surface area contributed by atoms with Gasteiger partial charge in [0, 0.05) is 37.4 Å². The van der Waals surface area contributed by atoms with Crippen molar-refractivity contribution >= 4 is 24.0 Å². The van der Waals surface area contributed by atoms with Crippen molar-refractivity contribution in [3.8, 4) is 0 Å². The average molecular weight is 456 g/mol. The highest BCUT2D eigenvalue weighted by atomic mass is 16.5. The second-order valence-corrected chi connectivity index (χ2v) is 7.56. The summed E-state index contributed by atoms with van der Waals surface area (Å²) in [5, 5.41) is 0. The predicted molar refractivity (Wildman–Crippen MR) is 129 cm³/mol. The second kappa shape index (κ2) is 12.5. The van der Waals surface area contributed by atoms with Crippen molar-refractivity contribution in [1.29, 1.82) is 0 Å². The average Bonchev–Trinajstić information content (AvgIpc) is 3.02. The highest BCUT2D eigenvalue weighted by Crippen LogP contribution is 2.24. The van der Waals surface area contributed by atoms with Gasteiger partial charge in [0.25, 0.3) is 5.91 Å². The van der Waals surface area contributed by atoms with Crippen molar-refractivity contribution in [2.75, 3.05) is 60.3 Å². The van der Waals surface area contributed by atoms with Gasteiger partial charge >= 0.3 is 0 Å². The molecule has 1 amide bonds. The Bertz CT molecular complexity index is 957. The molecular formula is C25H33N3O5. The van der Waals surface area contributed by atoms with Gasteiger partial charge in [-0.25, -0.2) is 0 Å². The molecule has 0 unspecified atom stereocenters. The number of aldehydes is 1. The number of benzene rings is 1. The Labute approximate surface area is 195 Å². The number of piperazine rings is 1. The molecule has 3 rings (SSSR count). The van der Waals surface area contributed by atoms with Crippen LogP contribution in [-0.2, 0) is 19.0 Å². The van der Waals surface area contributed by atoms with Crippen LogP contribution in [0.25, 0.3) is 6.08 Å². The van der Waals surface area contributed by atoms with Crippen LogP contribution in [0.1, 0.15) is 22.3 Å². The molecule has 8 heteroatoms. The zero-order valence-electron chi connectivity index (χ0n) is 19.8. The van der Waals surface area contributed by atoms with Crippen LogP contribution < -0.4 is 5.73 Å². The van der Waals surface area contributed by atoms with Crippen LogP contribution in [0, 0.1) is 0 Å². The molecule has 1 aromatic carbocycles. The summed E-state index contributed by atoms with van der Waals surface area (Å²) in [4.78, 5) is 27.1. The molecule has 178 valence electrons. The number of amides is 1. The molecule has 8 nitrogen and oxygen atoms in total. The van der Waals surface area contributed by atoms with Gasteiger partial charge in [-0.15, -0.1) is 0 Å². The third kappa shape index (κ3) is 6.73. The van der Waals surface area contributed by atoms with Crippen molar-refractivity contribution in [3.63, 3.8) is 0 Å². The van der Waals surface area contributed by atoms with E-state index in [9.17, 15) is 9.59 Å². The molecule has 0 spiro atoms. The number of nitrogens with zero attached hydrogens (tertiary/aromatic N) is 2. The topological polar surface area (TPSA) is 94.3 Å². The molecule has 0 radical (unpaired) electrons. The summed E-state index contributed by atoms with van der Waals surface area (Å²) in [5.74, 6) is 1.62. The molecule has 1 aromatic rings. The summed E-state index contributed by atoms with van der Waals surface area (Å²) in [5.41, 5.74) is 8.61.